The Labute approximate surface area is 127 Å². The van der Waals surface area contributed by atoms with E-state index in [0.29, 0.717) is 0 Å². The first-order valence-electron chi connectivity index (χ1n) is 7.31. The van der Waals surface area contributed by atoms with Crippen molar-refractivity contribution in [1.29, 1.82) is 0 Å². The minimum absolute atomic E-state index is 0.0158. The first-order chi connectivity index (χ1) is 9.45. The van der Waals surface area contributed by atoms with E-state index in [9.17, 15) is 0 Å². The molecule has 2 atom stereocenters. The number of hydrogen-bond donors (Lipinski definition) is 1. The normalized spacial score (nSPS) is 22.4. The number of hydrogen-bond acceptors (Lipinski definition) is 3. The second-order valence-electron chi connectivity index (χ2n) is 6.13. The van der Waals surface area contributed by atoms with Gasteiger partial charge in [-0.15, -0.1) is 0 Å². The van der Waals surface area contributed by atoms with E-state index in [2.05, 4.69) is 31.7 Å². The monoisotopic (exact) mass is 296 g/mol. The molecule has 2 unspecified atom stereocenters. The van der Waals surface area contributed by atoms with E-state index in [-0.39, 0.29) is 17.6 Å². The van der Waals surface area contributed by atoms with Gasteiger partial charge in [0.2, 0.25) is 0 Å². The number of rotatable bonds is 4. The van der Waals surface area contributed by atoms with Crippen LogP contribution in [-0.2, 0) is 4.74 Å². The Hall–Kier alpha value is -0.610. The first kappa shape index (κ1) is 15.8. The average Bonchev–Trinajstić information content (AvgIpc) is 2.40. The smallest absolute Gasteiger partial charge is 0.0645 e. The maximum atomic E-state index is 6.43. The van der Waals surface area contributed by atoms with Crippen molar-refractivity contribution in [2.45, 2.75) is 44.8 Å². The van der Waals surface area contributed by atoms with Crippen LogP contribution >= 0.6 is 11.6 Å². The lowest BCUT2D eigenvalue weighted by Gasteiger charge is -2.48. The van der Waals surface area contributed by atoms with Crippen LogP contribution in [0.15, 0.2) is 24.3 Å². The van der Waals surface area contributed by atoms with Gasteiger partial charge in [0.05, 0.1) is 19.3 Å². The molecule has 0 spiro atoms. The Morgan fingerprint density at radius 1 is 1.45 bits per heavy atom. The lowest BCUT2D eigenvalue weighted by Crippen LogP contribution is -2.57. The van der Waals surface area contributed by atoms with Crippen LogP contribution in [0.4, 0.5) is 0 Å². The lowest BCUT2D eigenvalue weighted by atomic mass is 9.90. The minimum Gasteiger partial charge on any atom is -0.378 e. The van der Waals surface area contributed by atoms with E-state index in [0.717, 1.165) is 31.2 Å². The third kappa shape index (κ3) is 3.34. The van der Waals surface area contributed by atoms with Gasteiger partial charge in [-0.05, 0) is 38.0 Å². The summed E-state index contributed by atoms with van der Waals surface area (Å²) in [5.74, 6) is 0. The fourth-order valence-electron chi connectivity index (χ4n) is 2.96. The Morgan fingerprint density at radius 2 is 2.20 bits per heavy atom. The van der Waals surface area contributed by atoms with Crippen LogP contribution in [0.2, 0.25) is 5.02 Å². The molecule has 2 rings (SSSR count). The molecule has 1 aliphatic heterocycles. The topological polar surface area (TPSA) is 38.5 Å². The molecule has 4 heteroatoms. The quantitative estimate of drug-likeness (QED) is 0.927. The van der Waals surface area contributed by atoms with Gasteiger partial charge in [0.1, 0.15) is 0 Å². The van der Waals surface area contributed by atoms with Gasteiger partial charge in [-0.1, -0.05) is 30.7 Å². The van der Waals surface area contributed by atoms with Gasteiger partial charge in [0.25, 0.3) is 0 Å². The molecule has 1 aromatic carbocycles. The summed E-state index contributed by atoms with van der Waals surface area (Å²) in [7, 11) is 0. The molecule has 3 nitrogen and oxygen atoms in total. The third-order valence-electron chi connectivity index (χ3n) is 4.11. The molecule has 0 saturated carbocycles. The van der Waals surface area contributed by atoms with E-state index in [1.807, 2.05) is 18.2 Å². The van der Waals surface area contributed by atoms with Crippen molar-refractivity contribution < 1.29 is 4.74 Å². The fraction of sp³-hybridized carbons (Fsp3) is 0.625. The van der Waals surface area contributed by atoms with E-state index >= 15 is 0 Å². The summed E-state index contributed by atoms with van der Waals surface area (Å²) in [5, 5.41) is 0.766. The molecular formula is C16H25ClN2O. The van der Waals surface area contributed by atoms with Gasteiger partial charge >= 0.3 is 0 Å². The summed E-state index contributed by atoms with van der Waals surface area (Å²) in [4.78, 5) is 2.47. The van der Waals surface area contributed by atoms with Crippen molar-refractivity contribution in [3.8, 4) is 0 Å². The number of ether oxygens (including phenoxy) is 1. The Balaban J connectivity index is 2.37. The maximum Gasteiger partial charge on any atom is 0.0645 e. The molecule has 112 valence electrons. The number of morpholine rings is 1. The van der Waals surface area contributed by atoms with Crippen molar-refractivity contribution in [2.24, 2.45) is 5.73 Å². The van der Waals surface area contributed by atoms with Gasteiger partial charge in [0, 0.05) is 23.1 Å². The molecule has 1 aliphatic rings. The zero-order valence-corrected chi connectivity index (χ0v) is 13.4. The van der Waals surface area contributed by atoms with Crippen molar-refractivity contribution >= 4 is 11.6 Å². The molecule has 0 aliphatic carbocycles. The molecule has 0 radical (unpaired) electrons. The van der Waals surface area contributed by atoms with Crippen molar-refractivity contribution in [3.05, 3.63) is 34.9 Å². The summed E-state index contributed by atoms with van der Waals surface area (Å²) in [6.07, 6.45) is 0.935. The van der Waals surface area contributed by atoms with Crippen LogP contribution in [0.5, 0.6) is 0 Å². The molecule has 0 aromatic heterocycles. The summed E-state index contributed by atoms with van der Waals surface area (Å²) in [6, 6.07) is 8.33. The Kier molecular flexibility index (Phi) is 5.08. The second kappa shape index (κ2) is 6.44. The summed E-state index contributed by atoms with van der Waals surface area (Å²) >= 11 is 6.16. The van der Waals surface area contributed by atoms with Gasteiger partial charge in [-0.2, -0.15) is 0 Å². The summed E-state index contributed by atoms with van der Waals surface area (Å²) < 4.78 is 5.63. The highest BCUT2D eigenvalue weighted by Gasteiger charge is 2.38. The molecule has 2 N–H and O–H groups in total. The SMILES string of the molecule is CCC(N)C(c1cccc(Cl)c1)N1CCOCC1(C)C. The van der Waals surface area contributed by atoms with Crippen molar-refractivity contribution in [1.82, 2.24) is 4.90 Å². The van der Waals surface area contributed by atoms with E-state index < -0.39 is 0 Å². The zero-order valence-electron chi connectivity index (χ0n) is 12.6. The molecule has 1 saturated heterocycles. The van der Waals surface area contributed by atoms with E-state index in [1.165, 1.54) is 5.56 Å². The van der Waals surface area contributed by atoms with Crippen molar-refractivity contribution in [2.75, 3.05) is 19.8 Å². The van der Waals surface area contributed by atoms with Crippen LogP contribution in [0.3, 0.4) is 0 Å². The molecule has 1 fully saturated rings. The van der Waals surface area contributed by atoms with Gasteiger partial charge in [0.15, 0.2) is 0 Å². The standard InChI is InChI=1S/C16H25ClN2O/c1-4-14(18)15(12-6-5-7-13(17)10-12)19-8-9-20-11-16(19,2)3/h5-7,10,14-15H,4,8-9,11,18H2,1-3H3. The van der Waals surface area contributed by atoms with Gasteiger partial charge in [-0.3, -0.25) is 4.90 Å². The highest BCUT2D eigenvalue weighted by atomic mass is 35.5. The lowest BCUT2D eigenvalue weighted by molar-refractivity contribution is -0.0777. The number of benzene rings is 1. The Bertz CT molecular complexity index is 450. The van der Waals surface area contributed by atoms with Crippen LogP contribution in [0.1, 0.15) is 38.8 Å². The summed E-state index contributed by atoms with van der Waals surface area (Å²) in [5.41, 5.74) is 7.61. The highest BCUT2D eigenvalue weighted by molar-refractivity contribution is 6.30. The first-order valence-corrected chi connectivity index (χ1v) is 7.69. The number of nitrogens with zero attached hydrogens (tertiary/aromatic N) is 1. The van der Waals surface area contributed by atoms with Crippen LogP contribution in [0.25, 0.3) is 0 Å². The Morgan fingerprint density at radius 3 is 2.80 bits per heavy atom. The van der Waals surface area contributed by atoms with Gasteiger partial charge in [-0.25, -0.2) is 0 Å². The molecule has 0 amide bonds. The van der Waals surface area contributed by atoms with Gasteiger partial charge < -0.3 is 10.5 Å². The van der Waals surface area contributed by atoms with E-state index in [1.54, 1.807) is 0 Å². The van der Waals surface area contributed by atoms with Crippen LogP contribution < -0.4 is 5.73 Å². The predicted molar refractivity (Wildman–Crippen MR) is 84.1 cm³/mol. The molecule has 20 heavy (non-hydrogen) atoms. The zero-order chi connectivity index (χ0) is 14.8. The fourth-order valence-corrected chi connectivity index (χ4v) is 3.16. The van der Waals surface area contributed by atoms with Crippen molar-refractivity contribution in [3.63, 3.8) is 0 Å². The molecule has 0 bridgehead atoms. The number of nitrogens with two attached hydrogens (primary N) is 1. The minimum atomic E-state index is -0.0158. The van der Waals surface area contributed by atoms with Crippen LogP contribution in [0, 0.1) is 0 Å². The molecular weight excluding hydrogens is 272 g/mol. The van der Waals surface area contributed by atoms with E-state index in [4.69, 9.17) is 22.1 Å². The largest absolute Gasteiger partial charge is 0.378 e. The van der Waals surface area contributed by atoms with Crippen LogP contribution in [-0.4, -0.2) is 36.2 Å². The second-order valence-corrected chi connectivity index (χ2v) is 6.57. The predicted octanol–water partition coefficient (Wildman–Crippen LogP) is 3.23. The average molecular weight is 297 g/mol. The molecule has 1 heterocycles. The summed E-state index contributed by atoms with van der Waals surface area (Å²) in [6.45, 7) is 8.96. The highest BCUT2D eigenvalue weighted by Crippen LogP contribution is 2.34. The third-order valence-corrected chi connectivity index (χ3v) is 4.35. The maximum absolute atomic E-state index is 6.43. The molecule has 1 aromatic rings. The number of halogens is 1.